The minimum atomic E-state index is -0.194. The van der Waals surface area contributed by atoms with Gasteiger partial charge in [-0.25, -0.2) is 4.39 Å². The van der Waals surface area contributed by atoms with E-state index in [2.05, 4.69) is 5.32 Å². The molecule has 2 aliphatic rings. The van der Waals surface area contributed by atoms with Crippen LogP contribution in [0.5, 0.6) is 17.2 Å². The van der Waals surface area contributed by atoms with E-state index in [4.69, 9.17) is 14.2 Å². The number of fused-ring (bicyclic) bond motifs is 1. The van der Waals surface area contributed by atoms with Crippen LogP contribution in [0.25, 0.3) is 0 Å². The number of nitrogens with one attached hydrogen (secondary N) is 1. The van der Waals surface area contributed by atoms with Crippen LogP contribution in [0.4, 0.5) is 4.39 Å². The van der Waals surface area contributed by atoms with E-state index in [9.17, 15) is 4.39 Å². The first-order chi connectivity index (χ1) is 11.8. The van der Waals surface area contributed by atoms with Crippen LogP contribution in [-0.4, -0.2) is 26.5 Å². The van der Waals surface area contributed by atoms with Crippen LogP contribution >= 0.6 is 17.0 Å². The topological polar surface area (TPSA) is 39.7 Å². The number of hydrogen-bond donors (Lipinski definition) is 1. The molecule has 0 spiro atoms. The molecule has 6 heteroatoms. The van der Waals surface area contributed by atoms with Crippen LogP contribution in [-0.2, 0) is 0 Å². The lowest BCUT2D eigenvalue weighted by Gasteiger charge is -2.32. The van der Waals surface area contributed by atoms with Crippen LogP contribution in [0.15, 0.2) is 42.5 Å². The maximum Gasteiger partial charge on any atom is 0.231 e. The largest absolute Gasteiger partial charge is 0.493 e. The highest BCUT2D eigenvalue weighted by atomic mass is 79.9. The summed E-state index contributed by atoms with van der Waals surface area (Å²) < 4.78 is 29.9. The Morgan fingerprint density at radius 3 is 2.72 bits per heavy atom. The number of ether oxygens (including phenoxy) is 3. The molecule has 2 heterocycles. The van der Waals surface area contributed by atoms with Crippen molar-refractivity contribution in [3.05, 3.63) is 53.8 Å². The van der Waals surface area contributed by atoms with E-state index in [1.165, 1.54) is 17.7 Å². The Morgan fingerprint density at radius 2 is 1.88 bits per heavy atom. The highest BCUT2D eigenvalue weighted by Gasteiger charge is 2.27. The van der Waals surface area contributed by atoms with Gasteiger partial charge in [-0.1, -0.05) is 12.1 Å². The molecule has 2 aliphatic heterocycles. The van der Waals surface area contributed by atoms with Gasteiger partial charge in [-0.05, 0) is 48.7 Å². The molecule has 2 aromatic rings. The van der Waals surface area contributed by atoms with Gasteiger partial charge in [0.15, 0.2) is 11.5 Å². The number of hydrogen-bond acceptors (Lipinski definition) is 4. The van der Waals surface area contributed by atoms with Crippen molar-refractivity contribution in [2.45, 2.75) is 12.3 Å². The minimum absolute atomic E-state index is 0. The summed E-state index contributed by atoms with van der Waals surface area (Å²) in [6, 6.07) is 12.5. The standard InChI is InChI=1S/C19H20FNO3.BrH/c20-15-3-1-13(2-4-15)17-7-8-21-10-14(17)11-22-16-5-6-18-19(9-16)24-12-23-18;/h1-6,9,14,17,21H,7-8,10-12H2;1H/t14-,17-;/m0./s1. The van der Waals surface area contributed by atoms with Crippen molar-refractivity contribution in [3.63, 3.8) is 0 Å². The first-order valence-corrected chi connectivity index (χ1v) is 8.28. The summed E-state index contributed by atoms with van der Waals surface area (Å²) in [6.45, 7) is 2.74. The third-order valence-corrected chi connectivity index (χ3v) is 4.71. The summed E-state index contributed by atoms with van der Waals surface area (Å²) in [7, 11) is 0. The average Bonchev–Trinajstić information content (AvgIpc) is 3.09. The SMILES string of the molecule is Br.Fc1ccc([C@@H]2CCNC[C@H]2COc2ccc3c(c2)OCO3)cc1. The molecule has 4 rings (SSSR count). The van der Waals surface area contributed by atoms with E-state index in [0.29, 0.717) is 18.4 Å². The molecular weight excluding hydrogens is 389 g/mol. The second kappa shape index (κ2) is 8.06. The van der Waals surface area contributed by atoms with Gasteiger partial charge in [0.25, 0.3) is 0 Å². The Morgan fingerprint density at radius 1 is 1.08 bits per heavy atom. The summed E-state index contributed by atoms with van der Waals surface area (Å²) in [5, 5.41) is 3.43. The number of halogens is 2. The van der Waals surface area contributed by atoms with Crippen molar-refractivity contribution in [1.82, 2.24) is 5.32 Å². The van der Waals surface area contributed by atoms with Crippen molar-refractivity contribution in [2.24, 2.45) is 5.92 Å². The second-order valence-corrected chi connectivity index (χ2v) is 6.24. The van der Waals surface area contributed by atoms with Gasteiger partial charge in [-0.2, -0.15) is 0 Å². The zero-order chi connectivity index (χ0) is 16.4. The molecule has 2 atom stereocenters. The van der Waals surface area contributed by atoms with Gasteiger partial charge in [0.05, 0.1) is 6.61 Å². The predicted octanol–water partition coefficient (Wildman–Crippen LogP) is 3.90. The summed E-state index contributed by atoms with van der Waals surface area (Å²) in [5.41, 5.74) is 1.18. The van der Waals surface area contributed by atoms with E-state index in [1.807, 2.05) is 30.3 Å². The van der Waals surface area contributed by atoms with Crippen molar-refractivity contribution >= 4 is 17.0 Å². The Balaban J connectivity index is 0.00000182. The van der Waals surface area contributed by atoms with Gasteiger partial charge >= 0.3 is 0 Å². The Labute approximate surface area is 157 Å². The lowest BCUT2D eigenvalue weighted by molar-refractivity contribution is 0.173. The first-order valence-electron chi connectivity index (χ1n) is 8.28. The van der Waals surface area contributed by atoms with E-state index in [0.717, 1.165) is 36.8 Å². The van der Waals surface area contributed by atoms with Crippen molar-refractivity contribution in [1.29, 1.82) is 0 Å². The number of benzene rings is 2. The first kappa shape index (κ1) is 18.0. The molecule has 25 heavy (non-hydrogen) atoms. The van der Waals surface area contributed by atoms with Gasteiger partial charge in [-0.3, -0.25) is 0 Å². The van der Waals surface area contributed by atoms with Gasteiger partial charge in [0.1, 0.15) is 11.6 Å². The molecule has 0 aromatic heterocycles. The van der Waals surface area contributed by atoms with E-state index >= 15 is 0 Å². The molecule has 0 unspecified atom stereocenters. The van der Waals surface area contributed by atoms with E-state index in [-0.39, 0.29) is 29.6 Å². The molecule has 4 nitrogen and oxygen atoms in total. The van der Waals surface area contributed by atoms with Gasteiger partial charge in [-0.15, -0.1) is 17.0 Å². The lowest BCUT2D eigenvalue weighted by Crippen LogP contribution is -2.38. The molecule has 134 valence electrons. The molecule has 1 fully saturated rings. The Bertz CT molecular complexity index is 710. The van der Waals surface area contributed by atoms with E-state index in [1.54, 1.807) is 0 Å². The third-order valence-electron chi connectivity index (χ3n) is 4.71. The number of rotatable bonds is 4. The van der Waals surface area contributed by atoms with E-state index < -0.39 is 0 Å². The van der Waals surface area contributed by atoms with Gasteiger partial charge < -0.3 is 19.5 Å². The highest BCUT2D eigenvalue weighted by Crippen LogP contribution is 2.36. The Kier molecular flexibility index (Phi) is 5.81. The fourth-order valence-corrected chi connectivity index (χ4v) is 3.42. The fourth-order valence-electron chi connectivity index (χ4n) is 3.42. The summed E-state index contributed by atoms with van der Waals surface area (Å²) in [5.74, 6) is 2.79. The summed E-state index contributed by atoms with van der Waals surface area (Å²) in [6.07, 6.45) is 1.03. The minimum Gasteiger partial charge on any atom is -0.493 e. The number of piperidine rings is 1. The normalized spacial score (nSPS) is 21.5. The monoisotopic (exact) mass is 409 g/mol. The molecule has 2 aromatic carbocycles. The smallest absolute Gasteiger partial charge is 0.231 e. The van der Waals surface area contributed by atoms with Crippen LogP contribution in [0, 0.1) is 11.7 Å². The van der Waals surface area contributed by atoms with Crippen molar-refractivity contribution in [2.75, 3.05) is 26.5 Å². The molecule has 0 bridgehead atoms. The van der Waals surface area contributed by atoms with Crippen LogP contribution in [0.1, 0.15) is 17.9 Å². The highest BCUT2D eigenvalue weighted by molar-refractivity contribution is 8.93. The zero-order valence-corrected chi connectivity index (χ0v) is 15.5. The zero-order valence-electron chi connectivity index (χ0n) is 13.7. The molecule has 0 amide bonds. The maximum absolute atomic E-state index is 13.2. The van der Waals surface area contributed by atoms with Crippen molar-refractivity contribution in [3.8, 4) is 17.2 Å². The molecule has 0 saturated carbocycles. The van der Waals surface area contributed by atoms with Crippen molar-refractivity contribution < 1.29 is 18.6 Å². The second-order valence-electron chi connectivity index (χ2n) is 6.24. The molecule has 0 radical (unpaired) electrons. The Hall–Kier alpha value is -1.79. The van der Waals surface area contributed by atoms with Crippen LogP contribution in [0.3, 0.4) is 0 Å². The molecule has 1 N–H and O–H groups in total. The third kappa shape index (κ3) is 4.07. The van der Waals surface area contributed by atoms with Crippen LogP contribution in [0.2, 0.25) is 0 Å². The summed E-state index contributed by atoms with van der Waals surface area (Å²) >= 11 is 0. The quantitative estimate of drug-likeness (QED) is 0.830. The maximum atomic E-state index is 13.2. The average molecular weight is 410 g/mol. The molecular formula is C19H21BrFNO3. The van der Waals surface area contributed by atoms with Crippen LogP contribution < -0.4 is 19.5 Å². The lowest BCUT2D eigenvalue weighted by atomic mass is 9.81. The fraction of sp³-hybridized carbons (Fsp3) is 0.368. The molecule has 1 saturated heterocycles. The van der Waals surface area contributed by atoms with Gasteiger partial charge in [0.2, 0.25) is 6.79 Å². The van der Waals surface area contributed by atoms with Gasteiger partial charge in [0, 0.05) is 18.5 Å². The molecule has 0 aliphatic carbocycles. The predicted molar refractivity (Wildman–Crippen MR) is 98.5 cm³/mol. The summed E-state index contributed by atoms with van der Waals surface area (Å²) in [4.78, 5) is 0.